The van der Waals surface area contributed by atoms with E-state index < -0.39 is 0 Å². The quantitative estimate of drug-likeness (QED) is 0.367. The number of pyridine rings is 2. The molecule has 0 aliphatic carbocycles. The summed E-state index contributed by atoms with van der Waals surface area (Å²) in [5.41, 5.74) is 7.32. The lowest BCUT2D eigenvalue weighted by atomic mass is 10.1. The summed E-state index contributed by atoms with van der Waals surface area (Å²) < 4.78 is 8.37. The number of hydrogen-bond donors (Lipinski definition) is 2. The number of benzene rings is 2. The molecule has 0 radical (unpaired) electrons. The van der Waals surface area contributed by atoms with Crippen LogP contribution in [0.4, 0.5) is 0 Å². The minimum Gasteiger partial charge on any atom is -0.454 e. The molecule has 32 heavy (non-hydrogen) atoms. The molecule has 2 aromatic carbocycles. The van der Waals surface area contributed by atoms with E-state index >= 15 is 0 Å². The SMILES string of the molecule is CN/C=C\C(=N)c1ccnc2c1oc1ccc(-n3c4ccccc4c4ncccc43)cc12. The Morgan fingerprint density at radius 3 is 2.69 bits per heavy atom. The Morgan fingerprint density at radius 2 is 1.78 bits per heavy atom. The first-order chi connectivity index (χ1) is 15.8. The zero-order chi connectivity index (χ0) is 21.7. The van der Waals surface area contributed by atoms with Crippen LogP contribution in [0.5, 0.6) is 0 Å². The highest BCUT2D eigenvalue weighted by Gasteiger charge is 2.17. The van der Waals surface area contributed by atoms with Crippen LogP contribution < -0.4 is 5.32 Å². The van der Waals surface area contributed by atoms with Gasteiger partial charge in [-0.25, -0.2) is 0 Å². The van der Waals surface area contributed by atoms with E-state index in [9.17, 15) is 0 Å². The van der Waals surface area contributed by atoms with Gasteiger partial charge in [-0.1, -0.05) is 18.2 Å². The van der Waals surface area contributed by atoms with Crippen molar-refractivity contribution in [2.45, 2.75) is 0 Å². The molecular formula is C26H19N5O. The molecule has 154 valence electrons. The summed E-state index contributed by atoms with van der Waals surface area (Å²) in [4.78, 5) is 9.21. The fourth-order valence-corrected chi connectivity index (χ4v) is 4.31. The van der Waals surface area contributed by atoms with Crippen LogP contribution in [0, 0.1) is 5.41 Å². The topological polar surface area (TPSA) is 79.7 Å². The number of para-hydroxylation sites is 1. The molecule has 6 aromatic rings. The Morgan fingerprint density at radius 1 is 0.938 bits per heavy atom. The molecule has 0 unspecified atom stereocenters. The molecule has 0 fully saturated rings. The molecule has 4 heterocycles. The fraction of sp³-hybridized carbons (Fsp3) is 0.0385. The van der Waals surface area contributed by atoms with Crippen LogP contribution in [0.15, 0.2) is 89.8 Å². The van der Waals surface area contributed by atoms with Gasteiger partial charge in [-0.15, -0.1) is 0 Å². The highest BCUT2D eigenvalue weighted by Crippen LogP contribution is 2.34. The first-order valence-corrected chi connectivity index (χ1v) is 10.3. The standard InChI is InChI=1S/C26H19N5O/c1-28-13-11-20(27)17-10-14-30-25-19-15-16(8-9-23(19)32-26(17)25)31-21-6-3-2-5-18(21)24-22(31)7-4-12-29-24/h2-15,27-28H,1H3/b13-11-,27-20?. The molecule has 6 heteroatoms. The molecule has 2 N–H and O–H groups in total. The smallest absolute Gasteiger partial charge is 0.163 e. The minimum atomic E-state index is 0.361. The second kappa shape index (κ2) is 7.06. The zero-order valence-electron chi connectivity index (χ0n) is 17.3. The van der Waals surface area contributed by atoms with Gasteiger partial charge in [0.15, 0.2) is 5.58 Å². The zero-order valence-corrected chi connectivity index (χ0v) is 17.3. The predicted octanol–water partition coefficient (Wildman–Crippen LogP) is 5.57. The predicted molar refractivity (Wildman–Crippen MR) is 129 cm³/mol. The summed E-state index contributed by atoms with van der Waals surface area (Å²) in [5, 5.41) is 13.4. The van der Waals surface area contributed by atoms with E-state index in [4.69, 9.17) is 9.83 Å². The molecule has 4 aromatic heterocycles. The molecule has 0 saturated carbocycles. The summed E-state index contributed by atoms with van der Waals surface area (Å²) in [7, 11) is 1.80. The van der Waals surface area contributed by atoms with Gasteiger partial charge < -0.3 is 19.7 Å². The molecule has 6 nitrogen and oxygen atoms in total. The average Bonchev–Trinajstić information content (AvgIpc) is 3.38. The van der Waals surface area contributed by atoms with Crippen molar-refractivity contribution in [3.05, 3.63) is 90.9 Å². The van der Waals surface area contributed by atoms with Gasteiger partial charge in [0.25, 0.3) is 0 Å². The van der Waals surface area contributed by atoms with Crippen LogP contribution in [0.3, 0.4) is 0 Å². The van der Waals surface area contributed by atoms with Crippen molar-refractivity contribution < 1.29 is 4.42 Å². The third-order valence-electron chi connectivity index (χ3n) is 5.73. The van der Waals surface area contributed by atoms with Gasteiger partial charge in [-0.05, 0) is 54.7 Å². The van der Waals surface area contributed by atoms with Crippen molar-refractivity contribution in [3.63, 3.8) is 0 Å². The second-order valence-electron chi connectivity index (χ2n) is 7.58. The van der Waals surface area contributed by atoms with Crippen LogP contribution in [0.25, 0.3) is 49.7 Å². The third-order valence-corrected chi connectivity index (χ3v) is 5.73. The van der Waals surface area contributed by atoms with E-state index in [0.717, 1.165) is 44.1 Å². The number of nitrogens with zero attached hydrogens (tertiary/aromatic N) is 3. The summed E-state index contributed by atoms with van der Waals surface area (Å²) in [6, 6.07) is 20.3. The van der Waals surface area contributed by atoms with Crippen LogP contribution >= 0.6 is 0 Å². The van der Waals surface area contributed by atoms with Gasteiger partial charge in [0.1, 0.15) is 11.1 Å². The van der Waals surface area contributed by atoms with Gasteiger partial charge in [-0.3, -0.25) is 9.97 Å². The Labute approximate surface area is 183 Å². The van der Waals surface area contributed by atoms with Crippen molar-refractivity contribution in [2.24, 2.45) is 0 Å². The molecular weight excluding hydrogens is 398 g/mol. The molecule has 0 atom stereocenters. The van der Waals surface area contributed by atoms with E-state index in [1.807, 2.05) is 36.5 Å². The lowest BCUT2D eigenvalue weighted by Crippen LogP contribution is -1.99. The largest absolute Gasteiger partial charge is 0.454 e. The Bertz CT molecular complexity index is 1640. The first-order valence-electron chi connectivity index (χ1n) is 10.3. The fourth-order valence-electron chi connectivity index (χ4n) is 4.31. The van der Waals surface area contributed by atoms with E-state index in [1.54, 1.807) is 25.5 Å². The molecule has 0 amide bonds. The number of nitrogens with one attached hydrogen (secondary N) is 2. The molecule has 6 rings (SSSR count). The van der Waals surface area contributed by atoms with Gasteiger partial charge in [0.05, 0.1) is 22.3 Å². The minimum absolute atomic E-state index is 0.361. The first kappa shape index (κ1) is 18.3. The third kappa shape index (κ3) is 2.63. The number of hydrogen-bond acceptors (Lipinski definition) is 5. The normalized spacial score (nSPS) is 11.9. The number of allylic oxidation sites excluding steroid dienone is 1. The average molecular weight is 417 g/mol. The van der Waals surface area contributed by atoms with Crippen LogP contribution in [-0.4, -0.2) is 27.3 Å². The number of aromatic nitrogens is 3. The van der Waals surface area contributed by atoms with Gasteiger partial charge in [-0.2, -0.15) is 0 Å². The number of fused-ring (bicyclic) bond motifs is 6. The number of rotatable bonds is 4. The summed E-state index contributed by atoms with van der Waals surface area (Å²) in [6.45, 7) is 0. The van der Waals surface area contributed by atoms with Crippen LogP contribution in [0.2, 0.25) is 0 Å². The van der Waals surface area contributed by atoms with Crippen LogP contribution in [0.1, 0.15) is 5.56 Å². The summed E-state index contributed by atoms with van der Waals surface area (Å²) in [6.07, 6.45) is 6.99. The maximum absolute atomic E-state index is 8.40. The van der Waals surface area contributed by atoms with Crippen molar-refractivity contribution in [1.82, 2.24) is 19.9 Å². The molecule has 0 aliphatic heterocycles. The molecule has 0 bridgehead atoms. The van der Waals surface area contributed by atoms with Gasteiger partial charge >= 0.3 is 0 Å². The van der Waals surface area contributed by atoms with Crippen molar-refractivity contribution >= 4 is 49.7 Å². The maximum Gasteiger partial charge on any atom is 0.163 e. The Kier molecular flexibility index (Phi) is 4.04. The number of furan rings is 1. The maximum atomic E-state index is 8.40. The van der Waals surface area contributed by atoms with E-state index in [-0.39, 0.29) is 0 Å². The van der Waals surface area contributed by atoms with E-state index in [0.29, 0.717) is 16.9 Å². The van der Waals surface area contributed by atoms with Crippen LogP contribution in [-0.2, 0) is 0 Å². The Hall–Kier alpha value is -4.45. The molecule has 0 spiro atoms. The highest BCUT2D eigenvalue weighted by atomic mass is 16.3. The summed E-state index contributed by atoms with van der Waals surface area (Å²) >= 11 is 0. The molecule has 0 aliphatic rings. The van der Waals surface area contributed by atoms with E-state index in [2.05, 4.69) is 50.2 Å². The van der Waals surface area contributed by atoms with Crippen molar-refractivity contribution in [1.29, 1.82) is 5.41 Å². The van der Waals surface area contributed by atoms with Crippen molar-refractivity contribution in [3.8, 4) is 5.69 Å². The Balaban J connectivity index is 1.62. The summed E-state index contributed by atoms with van der Waals surface area (Å²) in [5.74, 6) is 0. The lowest BCUT2D eigenvalue weighted by Gasteiger charge is -2.07. The lowest BCUT2D eigenvalue weighted by molar-refractivity contribution is 0.667. The monoisotopic (exact) mass is 417 g/mol. The van der Waals surface area contributed by atoms with Crippen molar-refractivity contribution in [2.75, 3.05) is 7.05 Å². The van der Waals surface area contributed by atoms with Gasteiger partial charge in [0.2, 0.25) is 0 Å². The highest BCUT2D eigenvalue weighted by molar-refractivity contribution is 6.17. The van der Waals surface area contributed by atoms with Gasteiger partial charge in [0, 0.05) is 41.5 Å². The second-order valence-corrected chi connectivity index (χ2v) is 7.58. The van der Waals surface area contributed by atoms with E-state index in [1.165, 1.54) is 0 Å². The molecule has 0 saturated heterocycles.